The molecular formula is C20H41IN4O3S. The number of hydrogen-bond acceptors (Lipinski definition) is 5. The fourth-order valence-corrected chi connectivity index (χ4v) is 4.17. The summed E-state index contributed by atoms with van der Waals surface area (Å²) in [7, 11) is 1.99. The number of guanidine groups is 1. The molecule has 0 aromatic carbocycles. The van der Waals surface area contributed by atoms with Gasteiger partial charge in [0.2, 0.25) is 0 Å². The molecule has 9 heteroatoms. The molecule has 2 unspecified atom stereocenters. The van der Waals surface area contributed by atoms with Gasteiger partial charge in [0.15, 0.2) is 5.96 Å². The summed E-state index contributed by atoms with van der Waals surface area (Å²) in [5, 5.41) is 16.8. The van der Waals surface area contributed by atoms with E-state index in [1.54, 1.807) is 11.8 Å². The van der Waals surface area contributed by atoms with Gasteiger partial charge in [-0.1, -0.05) is 13.8 Å². The number of carbonyl (C=O) groups is 1. The number of nitrogens with zero attached hydrogens (tertiary/aromatic N) is 2. The quantitative estimate of drug-likeness (QED) is 0.247. The van der Waals surface area contributed by atoms with E-state index in [0.717, 1.165) is 43.4 Å². The fourth-order valence-electron chi connectivity index (χ4n) is 2.88. The number of carbonyl (C=O) groups excluding carboxylic acids is 1. The molecule has 0 aromatic heterocycles. The van der Waals surface area contributed by atoms with Crippen molar-refractivity contribution in [3.05, 3.63) is 0 Å². The van der Waals surface area contributed by atoms with Crippen molar-refractivity contribution >= 4 is 47.8 Å². The summed E-state index contributed by atoms with van der Waals surface area (Å²) in [6.45, 7) is 13.7. The number of amides is 1. The Balaban J connectivity index is 0.00000784. The van der Waals surface area contributed by atoms with Crippen molar-refractivity contribution in [1.82, 2.24) is 15.5 Å². The standard InChI is InChI=1S/C20H40N4O3S.HI/c1-8-21-17(22-13-20(26)10-12-28-14-20)24(7)11-9-16(15(2)3)23-18(25)27-19(4,5)6;/h15-16,26H,8-14H2,1-7H3,(H,21,22)(H,23,25);1H. The first-order valence-electron chi connectivity index (χ1n) is 10.2. The van der Waals surface area contributed by atoms with Crippen LogP contribution >= 0.6 is 35.7 Å². The van der Waals surface area contributed by atoms with Crippen LogP contribution in [-0.2, 0) is 4.74 Å². The van der Waals surface area contributed by atoms with Gasteiger partial charge in [-0.25, -0.2) is 4.79 Å². The van der Waals surface area contributed by atoms with Crippen LogP contribution in [0.15, 0.2) is 4.99 Å². The van der Waals surface area contributed by atoms with Gasteiger partial charge in [0.25, 0.3) is 0 Å². The molecule has 7 nitrogen and oxygen atoms in total. The molecule has 1 fully saturated rings. The lowest BCUT2D eigenvalue weighted by Crippen LogP contribution is -2.46. The maximum absolute atomic E-state index is 12.1. The largest absolute Gasteiger partial charge is 0.444 e. The molecule has 1 saturated heterocycles. The van der Waals surface area contributed by atoms with E-state index in [9.17, 15) is 9.90 Å². The van der Waals surface area contributed by atoms with E-state index in [2.05, 4.69) is 34.4 Å². The van der Waals surface area contributed by atoms with E-state index < -0.39 is 11.2 Å². The number of ether oxygens (including phenoxy) is 1. The highest BCUT2D eigenvalue weighted by Gasteiger charge is 2.31. The van der Waals surface area contributed by atoms with Gasteiger partial charge in [-0.05, 0) is 52.2 Å². The second-order valence-electron chi connectivity index (χ2n) is 8.90. The highest BCUT2D eigenvalue weighted by atomic mass is 127. The van der Waals surface area contributed by atoms with Crippen LogP contribution in [-0.4, -0.2) is 77.5 Å². The summed E-state index contributed by atoms with van der Waals surface area (Å²) in [4.78, 5) is 18.8. The lowest BCUT2D eigenvalue weighted by molar-refractivity contribution is 0.0485. The summed E-state index contributed by atoms with van der Waals surface area (Å²) in [5.41, 5.74) is -1.20. The number of alkyl carbamates (subject to hydrolysis) is 1. The number of hydrogen-bond donors (Lipinski definition) is 3. The van der Waals surface area contributed by atoms with E-state index in [4.69, 9.17) is 4.74 Å². The summed E-state index contributed by atoms with van der Waals surface area (Å²) in [5.74, 6) is 2.81. The fraction of sp³-hybridized carbons (Fsp3) is 0.900. The summed E-state index contributed by atoms with van der Waals surface area (Å²) in [6.07, 6.45) is 1.19. The lowest BCUT2D eigenvalue weighted by Gasteiger charge is -2.29. The first-order valence-corrected chi connectivity index (χ1v) is 11.4. The zero-order valence-corrected chi connectivity index (χ0v) is 22.2. The Morgan fingerprint density at radius 3 is 2.52 bits per heavy atom. The molecule has 3 N–H and O–H groups in total. The Morgan fingerprint density at radius 1 is 1.38 bits per heavy atom. The van der Waals surface area contributed by atoms with Gasteiger partial charge < -0.3 is 25.4 Å². The maximum Gasteiger partial charge on any atom is 0.407 e. The maximum atomic E-state index is 12.1. The van der Waals surface area contributed by atoms with Crippen LogP contribution in [0.4, 0.5) is 4.79 Å². The van der Waals surface area contributed by atoms with Crippen molar-refractivity contribution < 1.29 is 14.6 Å². The smallest absolute Gasteiger partial charge is 0.407 e. The van der Waals surface area contributed by atoms with E-state index in [0.29, 0.717) is 6.54 Å². The van der Waals surface area contributed by atoms with Crippen LogP contribution in [0.25, 0.3) is 0 Å². The van der Waals surface area contributed by atoms with Crippen LogP contribution in [0, 0.1) is 5.92 Å². The number of nitrogens with one attached hydrogen (secondary N) is 2. The van der Waals surface area contributed by atoms with Gasteiger partial charge in [0, 0.05) is 31.9 Å². The molecular weight excluding hydrogens is 503 g/mol. The van der Waals surface area contributed by atoms with Crippen LogP contribution in [0.5, 0.6) is 0 Å². The number of aliphatic hydroxyl groups is 1. The van der Waals surface area contributed by atoms with Crippen molar-refractivity contribution in [2.24, 2.45) is 10.9 Å². The molecule has 0 bridgehead atoms. The molecule has 1 aliphatic rings. The van der Waals surface area contributed by atoms with E-state index in [1.165, 1.54) is 0 Å². The number of thioether (sulfide) groups is 1. The minimum absolute atomic E-state index is 0. The summed E-state index contributed by atoms with van der Waals surface area (Å²) < 4.78 is 5.39. The predicted octanol–water partition coefficient (Wildman–Crippen LogP) is 3.31. The van der Waals surface area contributed by atoms with Crippen molar-refractivity contribution in [3.63, 3.8) is 0 Å². The normalized spacial score (nSPS) is 20.8. The molecule has 1 rings (SSSR count). The Labute approximate surface area is 198 Å². The zero-order chi connectivity index (χ0) is 21.4. The molecule has 0 aliphatic carbocycles. The van der Waals surface area contributed by atoms with Crippen LogP contribution in [0.3, 0.4) is 0 Å². The number of aliphatic imine (C=N–C) groups is 1. The van der Waals surface area contributed by atoms with E-state index in [1.807, 2.05) is 34.7 Å². The SMILES string of the molecule is CCNC(=NCC1(O)CCSC1)N(C)CCC(NC(=O)OC(C)(C)C)C(C)C.I. The van der Waals surface area contributed by atoms with Gasteiger partial charge >= 0.3 is 6.09 Å². The summed E-state index contributed by atoms with van der Waals surface area (Å²) in [6, 6.07) is 0.00981. The van der Waals surface area contributed by atoms with Crippen molar-refractivity contribution in [2.75, 3.05) is 38.2 Å². The molecule has 29 heavy (non-hydrogen) atoms. The Kier molecular flexibility index (Phi) is 12.9. The van der Waals surface area contributed by atoms with E-state index >= 15 is 0 Å². The molecule has 0 aromatic rings. The molecule has 0 radical (unpaired) electrons. The third kappa shape index (κ3) is 11.5. The molecule has 172 valence electrons. The first-order chi connectivity index (χ1) is 13.0. The third-order valence-corrected chi connectivity index (χ3v) is 5.82. The Bertz CT molecular complexity index is 520. The highest BCUT2D eigenvalue weighted by Crippen LogP contribution is 2.27. The molecule has 0 saturated carbocycles. The molecule has 1 heterocycles. The molecule has 0 spiro atoms. The average Bonchev–Trinajstić information content (AvgIpc) is 3.00. The molecule has 1 aliphatic heterocycles. The zero-order valence-electron chi connectivity index (χ0n) is 19.1. The summed E-state index contributed by atoms with van der Waals surface area (Å²) >= 11 is 1.78. The topological polar surface area (TPSA) is 86.2 Å². The third-order valence-electron chi connectivity index (χ3n) is 4.58. The van der Waals surface area contributed by atoms with Gasteiger partial charge in [-0.15, -0.1) is 24.0 Å². The minimum Gasteiger partial charge on any atom is -0.444 e. The average molecular weight is 545 g/mol. The predicted molar refractivity (Wildman–Crippen MR) is 134 cm³/mol. The van der Waals surface area contributed by atoms with Crippen molar-refractivity contribution in [3.8, 4) is 0 Å². The minimum atomic E-state index is -0.690. The van der Waals surface area contributed by atoms with Crippen LogP contribution in [0.2, 0.25) is 0 Å². The van der Waals surface area contributed by atoms with Gasteiger partial charge in [-0.2, -0.15) is 11.8 Å². The number of halogens is 1. The molecule has 1 amide bonds. The van der Waals surface area contributed by atoms with Gasteiger partial charge in [0.05, 0.1) is 12.1 Å². The lowest BCUT2D eigenvalue weighted by atomic mass is 10.0. The second kappa shape index (κ2) is 13.1. The van der Waals surface area contributed by atoms with E-state index in [-0.39, 0.29) is 42.0 Å². The van der Waals surface area contributed by atoms with Crippen molar-refractivity contribution in [2.45, 2.75) is 71.6 Å². The van der Waals surface area contributed by atoms with Crippen molar-refractivity contribution in [1.29, 1.82) is 0 Å². The molecule has 2 atom stereocenters. The van der Waals surface area contributed by atoms with Crippen LogP contribution in [0.1, 0.15) is 54.4 Å². The van der Waals surface area contributed by atoms with Crippen LogP contribution < -0.4 is 10.6 Å². The van der Waals surface area contributed by atoms with Gasteiger partial charge in [-0.3, -0.25) is 4.99 Å². The van der Waals surface area contributed by atoms with Gasteiger partial charge in [0.1, 0.15) is 5.60 Å². The Morgan fingerprint density at radius 2 is 2.03 bits per heavy atom. The second-order valence-corrected chi connectivity index (χ2v) is 10.0. The highest BCUT2D eigenvalue weighted by molar-refractivity contribution is 14.0. The first kappa shape index (κ1) is 28.6. The monoisotopic (exact) mass is 544 g/mol. The number of rotatable bonds is 8. The Hall–Kier alpha value is -0.420.